The van der Waals surface area contributed by atoms with Crippen LogP contribution in [0.3, 0.4) is 0 Å². The van der Waals surface area contributed by atoms with E-state index in [9.17, 15) is 10.2 Å². The summed E-state index contributed by atoms with van der Waals surface area (Å²) < 4.78 is 0. The summed E-state index contributed by atoms with van der Waals surface area (Å²) in [5, 5.41) is 36.5. The lowest BCUT2D eigenvalue weighted by atomic mass is 9.69. The molecule has 5 aliphatic rings. The van der Waals surface area contributed by atoms with Crippen molar-refractivity contribution in [1.29, 1.82) is 0 Å². The Bertz CT molecular complexity index is 2180. The molecule has 0 amide bonds. The van der Waals surface area contributed by atoms with Gasteiger partial charge in [-0.2, -0.15) is 0 Å². The van der Waals surface area contributed by atoms with Crippen molar-refractivity contribution in [2.24, 2.45) is 21.8 Å². The number of nitrogens with zero attached hydrogens (tertiary/aromatic N) is 2. The number of aliphatic imine (C=N–C) groups is 2. The molecule has 6 nitrogen and oxygen atoms in total. The Kier molecular flexibility index (Phi) is 5.23. The van der Waals surface area contributed by atoms with Crippen molar-refractivity contribution in [3.05, 3.63) is 172 Å². The molecule has 0 aromatic heterocycles. The van der Waals surface area contributed by atoms with Gasteiger partial charge in [-0.15, -0.1) is 0 Å². The SMILES string of the molecule is [O-]C1=C(c2ccc3c4c(cccc24)NC(c2ccccc2)=N3)C([O-])=C1C1C=CC2=C3C(=CC=CC31)N=C(c1ccccc1)N2. The fraction of sp³-hybridized carbons (Fsp3) is 0.0526. The molecule has 2 unspecified atom stereocenters. The lowest BCUT2D eigenvalue weighted by molar-refractivity contribution is -0.325. The van der Waals surface area contributed by atoms with Crippen molar-refractivity contribution < 1.29 is 10.2 Å². The molecule has 2 atom stereocenters. The van der Waals surface area contributed by atoms with E-state index in [4.69, 9.17) is 9.98 Å². The van der Waals surface area contributed by atoms with Gasteiger partial charge in [-0.05, 0) is 40.8 Å². The molecule has 0 spiro atoms. The normalized spacial score (nSPS) is 21.2. The van der Waals surface area contributed by atoms with Crippen molar-refractivity contribution in [1.82, 2.24) is 5.32 Å². The number of nitrogens with one attached hydrogen (secondary N) is 2. The predicted molar refractivity (Wildman–Crippen MR) is 171 cm³/mol. The molecule has 2 N–H and O–H groups in total. The highest BCUT2D eigenvalue weighted by atomic mass is 16.3. The van der Waals surface area contributed by atoms with Crippen LogP contribution < -0.4 is 20.8 Å². The number of rotatable bonds is 4. The van der Waals surface area contributed by atoms with Gasteiger partial charge in [0, 0.05) is 45.3 Å². The first-order chi connectivity index (χ1) is 21.7. The average molecular weight is 569 g/mol. The molecular formula is C38H24N4O2-2. The van der Waals surface area contributed by atoms with E-state index in [1.807, 2.05) is 115 Å². The summed E-state index contributed by atoms with van der Waals surface area (Å²) in [7, 11) is 0. The molecule has 3 aliphatic carbocycles. The quantitative estimate of drug-likeness (QED) is 0.335. The highest BCUT2D eigenvalue weighted by Crippen LogP contribution is 2.51. The number of allylic oxidation sites excluding steroid dienone is 8. The zero-order chi connectivity index (χ0) is 29.4. The summed E-state index contributed by atoms with van der Waals surface area (Å²) >= 11 is 0. The molecule has 0 bridgehead atoms. The maximum atomic E-state index is 13.9. The van der Waals surface area contributed by atoms with Crippen LogP contribution in [-0.4, -0.2) is 11.7 Å². The van der Waals surface area contributed by atoms with Crippen LogP contribution in [0.5, 0.6) is 0 Å². The Labute approximate surface area is 253 Å². The maximum Gasteiger partial charge on any atom is 0.138 e. The average Bonchev–Trinajstić information content (AvgIpc) is 3.08. The second kappa shape index (κ2) is 9.31. The van der Waals surface area contributed by atoms with E-state index in [1.165, 1.54) is 0 Å². The van der Waals surface area contributed by atoms with E-state index < -0.39 is 0 Å². The molecule has 4 aromatic rings. The minimum Gasteiger partial charge on any atom is -0.872 e. The van der Waals surface area contributed by atoms with E-state index in [0.29, 0.717) is 11.1 Å². The van der Waals surface area contributed by atoms with Crippen LogP contribution in [-0.2, 0) is 0 Å². The van der Waals surface area contributed by atoms with Crippen LogP contribution in [0.25, 0.3) is 16.3 Å². The molecule has 2 heterocycles. The minimum absolute atomic E-state index is 0.153. The zero-order valence-electron chi connectivity index (χ0n) is 23.4. The minimum atomic E-state index is -0.354. The first-order valence-electron chi connectivity index (χ1n) is 14.7. The maximum absolute atomic E-state index is 13.9. The van der Waals surface area contributed by atoms with Gasteiger partial charge < -0.3 is 20.8 Å². The summed E-state index contributed by atoms with van der Waals surface area (Å²) in [6, 6.07) is 29.7. The lowest BCUT2D eigenvalue weighted by Gasteiger charge is -2.46. The van der Waals surface area contributed by atoms with Crippen LogP contribution in [0.15, 0.2) is 165 Å². The van der Waals surface area contributed by atoms with E-state index >= 15 is 0 Å². The van der Waals surface area contributed by atoms with Gasteiger partial charge >= 0.3 is 0 Å². The summed E-state index contributed by atoms with van der Waals surface area (Å²) in [6.45, 7) is 0. The third kappa shape index (κ3) is 3.54. The third-order valence-electron chi connectivity index (χ3n) is 8.96. The fourth-order valence-corrected chi connectivity index (χ4v) is 6.91. The van der Waals surface area contributed by atoms with Crippen LogP contribution in [0.1, 0.15) is 16.7 Å². The summed E-state index contributed by atoms with van der Waals surface area (Å²) in [6.07, 6.45) is 10.0. The smallest absolute Gasteiger partial charge is 0.138 e. The summed E-state index contributed by atoms with van der Waals surface area (Å²) in [4.78, 5) is 9.79. The molecule has 6 heteroatoms. The van der Waals surface area contributed by atoms with Gasteiger partial charge in [-0.1, -0.05) is 114 Å². The van der Waals surface area contributed by atoms with Crippen LogP contribution >= 0.6 is 0 Å². The molecule has 4 aromatic carbocycles. The number of benzene rings is 4. The molecule has 0 fully saturated rings. The van der Waals surface area contributed by atoms with Gasteiger partial charge in [0.1, 0.15) is 11.7 Å². The van der Waals surface area contributed by atoms with E-state index in [1.54, 1.807) is 0 Å². The molecule has 0 saturated heterocycles. The van der Waals surface area contributed by atoms with Crippen LogP contribution in [0, 0.1) is 11.8 Å². The Hall–Kier alpha value is -5.88. The topological polar surface area (TPSA) is 94.9 Å². The summed E-state index contributed by atoms with van der Waals surface area (Å²) in [5.41, 5.74) is 7.75. The van der Waals surface area contributed by atoms with Gasteiger partial charge in [0.25, 0.3) is 0 Å². The van der Waals surface area contributed by atoms with Crippen molar-refractivity contribution in [2.75, 3.05) is 5.32 Å². The highest BCUT2D eigenvalue weighted by Gasteiger charge is 2.37. The van der Waals surface area contributed by atoms with E-state index in [2.05, 4.69) is 16.7 Å². The first kappa shape index (κ1) is 24.7. The van der Waals surface area contributed by atoms with Crippen molar-refractivity contribution in [2.45, 2.75) is 0 Å². The second-order valence-electron chi connectivity index (χ2n) is 11.4. The van der Waals surface area contributed by atoms with Gasteiger partial charge in [-0.3, -0.25) is 0 Å². The molecule has 44 heavy (non-hydrogen) atoms. The van der Waals surface area contributed by atoms with Gasteiger partial charge in [0.15, 0.2) is 0 Å². The number of hydrogen-bond acceptors (Lipinski definition) is 6. The number of hydrogen-bond donors (Lipinski definition) is 2. The van der Waals surface area contributed by atoms with Crippen molar-refractivity contribution in [3.63, 3.8) is 0 Å². The lowest BCUT2D eigenvalue weighted by Crippen LogP contribution is -2.38. The Morgan fingerprint density at radius 3 is 2.11 bits per heavy atom. The second-order valence-corrected chi connectivity index (χ2v) is 11.4. The highest BCUT2D eigenvalue weighted by molar-refractivity contribution is 6.20. The molecule has 210 valence electrons. The van der Waals surface area contributed by atoms with Crippen molar-refractivity contribution in [3.8, 4) is 0 Å². The van der Waals surface area contributed by atoms with Gasteiger partial charge in [0.2, 0.25) is 0 Å². The molecule has 0 radical (unpaired) electrons. The molecule has 0 saturated carbocycles. The Morgan fingerprint density at radius 1 is 0.636 bits per heavy atom. The molecular weight excluding hydrogens is 544 g/mol. The largest absolute Gasteiger partial charge is 0.872 e. The summed E-state index contributed by atoms with van der Waals surface area (Å²) in [5.74, 6) is 0.666. The third-order valence-corrected chi connectivity index (χ3v) is 8.96. The molecule has 2 aliphatic heterocycles. The van der Waals surface area contributed by atoms with Gasteiger partial charge in [-0.25, -0.2) is 9.98 Å². The number of anilines is 1. The number of amidine groups is 2. The van der Waals surface area contributed by atoms with Crippen LogP contribution in [0.4, 0.5) is 11.4 Å². The van der Waals surface area contributed by atoms with E-state index in [-0.39, 0.29) is 28.9 Å². The Morgan fingerprint density at radius 2 is 1.36 bits per heavy atom. The predicted octanol–water partition coefficient (Wildman–Crippen LogP) is 5.60. The standard InChI is InChI=1S/C38H26N4O2/c43-35-33(25-17-19-29-31-23(25)13-7-15-27(31)39-37(41-29)21-9-3-1-4-10-21)36(44)34(35)26-18-20-30-32-24(26)14-8-16-28(32)40-38(42-30)22-11-5-2-6-12-22/h1-20,23,25,43-44H,(H,39,41)(H,40,42)/p-2. The fourth-order valence-electron chi connectivity index (χ4n) is 6.91. The monoisotopic (exact) mass is 568 g/mol. The first-order valence-corrected chi connectivity index (χ1v) is 14.7. The zero-order valence-corrected chi connectivity index (χ0v) is 23.4. The Balaban J connectivity index is 1.06. The van der Waals surface area contributed by atoms with Crippen molar-refractivity contribution >= 4 is 39.4 Å². The molecule has 9 rings (SSSR count). The van der Waals surface area contributed by atoms with Crippen LogP contribution in [0.2, 0.25) is 0 Å². The van der Waals surface area contributed by atoms with Gasteiger partial charge in [0.05, 0.1) is 11.4 Å². The van der Waals surface area contributed by atoms with E-state index in [0.717, 1.165) is 61.9 Å².